The van der Waals surface area contributed by atoms with Crippen LogP contribution in [0.3, 0.4) is 0 Å². The molecule has 0 atom stereocenters. The highest BCUT2D eigenvalue weighted by atomic mass is 32.1. The van der Waals surface area contributed by atoms with E-state index in [2.05, 4.69) is 15.0 Å². The number of nitrogens with zero attached hydrogens (tertiary/aromatic N) is 4. The SMILES string of the molecule is Cc1nn2c(=O)cc(CN(Cc3ccc(F)cc3F)C3CC3)nc2s1. The summed E-state index contributed by atoms with van der Waals surface area (Å²) >= 11 is 1.36. The third-order valence-corrected chi connectivity index (χ3v) is 5.04. The van der Waals surface area contributed by atoms with Gasteiger partial charge in [-0.3, -0.25) is 9.69 Å². The Morgan fingerprint density at radius 1 is 1.28 bits per heavy atom. The van der Waals surface area contributed by atoms with E-state index < -0.39 is 11.6 Å². The van der Waals surface area contributed by atoms with Crippen molar-refractivity contribution in [2.75, 3.05) is 0 Å². The maximum atomic E-state index is 14.0. The summed E-state index contributed by atoms with van der Waals surface area (Å²) < 4.78 is 28.4. The number of aromatic nitrogens is 3. The van der Waals surface area contributed by atoms with E-state index in [-0.39, 0.29) is 5.56 Å². The minimum atomic E-state index is -0.583. The van der Waals surface area contributed by atoms with E-state index in [1.54, 1.807) is 0 Å². The summed E-state index contributed by atoms with van der Waals surface area (Å²) in [5.41, 5.74) is 0.871. The zero-order chi connectivity index (χ0) is 17.6. The summed E-state index contributed by atoms with van der Waals surface area (Å²) in [6.07, 6.45) is 2.06. The van der Waals surface area contributed by atoms with Crippen molar-refractivity contribution >= 4 is 16.3 Å². The lowest BCUT2D eigenvalue weighted by Gasteiger charge is -2.21. The summed E-state index contributed by atoms with van der Waals surface area (Å²) in [6, 6.07) is 5.45. The monoisotopic (exact) mass is 362 g/mol. The van der Waals surface area contributed by atoms with Crippen molar-refractivity contribution in [3.8, 4) is 0 Å². The molecule has 2 heterocycles. The van der Waals surface area contributed by atoms with Crippen LogP contribution in [0.5, 0.6) is 0 Å². The highest BCUT2D eigenvalue weighted by Crippen LogP contribution is 2.30. The topological polar surface area (TPSA) is 50.5 Å². The van der Waals surface area contributed by atoms with Gasteiger partial charge in [0.15, 0.2) is 0 Å². The summed E-state index contributed by atoms with van der Waals surface area (Å²) in [7, 11) is 0. The molecule has 130 valence electrons. The Kier molecular flexibility index (Phi) is 4.09. The molecule has 0 unspecified atom stereocenters. The second kappa shape index (κ2) is 6.27. The van der Waals surface area contributed by atoms with Gasteiger partial charge in [-0.25, -0.2) is 13.8 Å². The fraction of sp³-hybridized carbons (Fsp3) is 0.353. The van der Waals surface area contributed by atoms with Crippen LogP contribution in [-0.4, -0.2) is 25.5 Å². The Labute approximate surface area is 146 Å². The molecule has 4 rings (SSSR count). The van der Waals surface area contributed by atoms with Crippen LogP contribution in [0.4, 0.5) is 8.78 Å². The van der Waals surface area contributed by atoms with Gasteiger partial charge >= 0.3 is 0 Å². The minimum absolute atomic E-state index is 0.215. The molecule has 0 N–H and O–H groups in total. The van der Waals surface area contributed by atoms with Gasteiger partial charge in [-0.05, 0) is 25.8 Å². The lowest BCUT2D eigenvalue weighted by atomic mass is 10.2. The standard InChI is InChI=1S/C17H16F2N4OS/c1-10-21-23-16(24)7-13(20-17(23)25-10)9-22(14-4-5-14)8-11-2-3-12(18)6-15(11)19/h2-3,6-7,14H,4-5,8-9H2,1H3. The van der Waals surface area contributed by atoms with E-state index in [1.807, 2.05) is 6.92 Å². The van der Waals surface area contributed by atoms with Crippen LogP contribution in [-0.2, 0) is 13.1 Å². The number of rotatable bonds is 5. The first-order chi connectivity index (χ1) is 12.0. The van der Waals surface area contributed by atoms with Crippen LogP contribution in [0.25, 0.3) is 4.96 Å². The highest BCUT2D eigenvalue weighted by Gasteiger charge is 2.30. The normalized spacial score (nSPS) is 14.6. The summed E-state index contributed by atoms with van der Waals surface area (Å²) in [5, 5.41) is 4.90. The van der Waals surface area contributed by atoms with E-state index in [1.165, 1.54) is 34.1 Å². The molecule has 8 heteroatoms. The van der Waals surface area contributed by atoms with Gasteiger partial charge in [0.1, 0.15) is 16.6 Å². The molecule has 1 aromatic carbocycles. The van der Waals surface area contributed by atoms with Crippen LogP contribution < -0.4 is 5.56 Å². The van der Waals surface area contributed by atoms with Crippen LogP contribution >= 0.6 is 11.3 Å². The predicted molar refractivity (Wildman–Crippen MR) is 90.5 cm³/mol. The molecule has 1 aliphatic rings. The van der Waals surface area contributed by atoms with Crippen molar-refractivity contribution in [2.24, 2.45) is 0 Å². The van der Waals surface area contributed by atoms with Gasteiger partial charge in [-0.1, -0.05) is 17.4 Å². The Balaban J connectivity index is 1.61. The second-order valence-corrected chi connectivity index (χ2v) is 7.43. The lowest BCUT2D eigenvalue weighted by Crippen LogP contribution is -2.27. The molecule has 0 spiro atoms. The van der Waals surface area contributed by atoms with Crippen LogP contribution in [0.2, 0.25) is 0 Å². The third kappa shape index (κ3) is 3.45. The average Bonchev–Trinajstić information content (AvgIpc) is 3.31. The van der Waals surface area contributed by atoms with Crippen molar-refractivity contribution < 1.29 is 8.78 Å². The molecule has 0 radical (unpaired) electrons. The molecule has 2 aromatic heterocycles. The second-order valence-electron chi connectivity index (χ2n) is 6.27. The quantitative estimate of drug-likeness (QED) is 0.700. The Bertz CT molecular complexity index is 996. The first-order valence-corrected chi connectivity index (χ1v) is 8.85. The van der Waals surface area contributed by atoms with E-state index >= 15 is 0 Å². The Hall–Kier alpha value is -2.19. The van der Waals surface area contributed by atoms with Crippen molar-refractivity contribution in [3.05, 3.63) is 62.5 Å². The molecule has 1 saturated carbocycles. The molecule has 1 aliphatic carbocycles. The van der Waals surface area contributed by atoms with E-state index in [9.17, 15) is 13.6 Å². The zero-order valence-corrected chi connectivity index (χ0v) is 14.4. The van der Waals surface area contributed by atoms with Gasteiger partial charge < -0.3 is 0 Å². The molecule has 0 bridgehead atoms. The average molecular weight is 362 g/mol. The molecule has 25 heavy (non-hydrogen) atoms. The number of hydrogen-bond acceptors (Lipinski definition) is 5. The van der Waals surface area contributed by atoms with Crippen molar-refractivity contribution in [1.82, 2.24) is 19.5 Å². The molecule has 3 aromatic rings. The van der Waals surface area contributed by atoms with E-state index in [4.69, 9.17) is 0 Å². The molecular formula is C17H16F2N4OS. The first-order valence-electron chi connectivity index (χ1n) is 8.04. The van der Waals surface area contributed by atoms with E-state index in [0.29, 0.717) is 35.3 Å². The highest BCUT2D eigenvalue weighted by molar-refractivity contribution is 7.16. The van der Waals surface area contributed by atoms with Crippen molar-refractivity contribution in [3.63, 3.8) is 0 Å². The predicted octanol–water partition coefficient (Wildman–Crippen LogP) is 2.90. The van der Waals surface area contributed by atoms with Gasteiger partial charge in [-0.2, -0.15) is 9.61 Å². The van der Waals surface area contributed by atoms with Gasteiger partial charge in [0.25, 0.3) is 5.56 Å². The maximum absolute atomic E-state index is 14.0. The fourth-order valence-corrected chi connectivity index (χ4v) is 3.63. The van der Waals surface area contributed by atoms with Crippen LogP contribution in [0.1, 0.15) is 29.1 Å². The maximum Gasteiger partial charge on any atom is 0.275 e. The Morgan fingerprint density at radius 3 is 2.80 bits per heavy atom. The van der Waals surface area contributed by atoms with Gasteiger partial charge in [0, 0.05) is 36.8 Å². The molecule has 0 aliphatic heterocycles. The zero-order valence-electron chi connectivity index (χ0n) is 13.6. The Morgan fingerprint density at radius 2 is 2.08 bits per heavy atom. The van der Waals surface area contributed by atoms with Crippen molar-refractivity contribution in [2.45, 2.75) is 38.9 Å². The fourth-order valence-electron chi connectivity index (χ4n) is 2.86. The summed E-state index contributed by atoms with van der Waals surface area (Å²) in [4.78, 5) is 19.3. The minimum Gasteiger partial charge on any atom is -0.290 e. The number of halogens is 2. The smallest absolute Gasteiger partial charge is 0.275 e. The third-order valence-electron chi connectivity index (χ3n) is 4.22. The molecular weight excluding hydrogens is 346 g/mol. The molecule has 5 nitrogen and oxygen atoms in total. The van der Waals surface area contributed by atoms with Crippen LogP contribution in [0.15, 0.2) is 29.1 Å². The van der Waals surface area contributed by atoms with Gasteiger partial charge in [0.05, 0.1) is 5.69 Å². The van der Waals surface area contributed by atoms with Gasteiger partial charge in [0.2, 0.25) is 4.96 Å². The summed E-state index contributed by atoms with van der Waals surface area (Å²) in [6.45, 7) is 2.63. The lowest BCUT2D eigenvalue weighted by molar-refractivity contribution is 0.239. The molecule has 1 fully saturated rings. The number of hydrogen-bond donors (Lipinski definition) is 0. The number of fused-ring (bicyclic) bond motifs is 1. The van der Waals surface area contributed by atoms with Crippen LogP contribution in [0, 0.1) is 18.6 Å². The molecule has 0 saturated heterocycles. The largest absolute Gasteiger partial charge is 0.290 e. The number of benzene rings is 1. The van der Waals surface area contributed by atoms with Gasteiger partial charge in [-0.15, -0.1) is 0 Å². The van der Waals surface area contributed by atoms with Crippen molar-refractivity contribution in [1.29, 1.82) is 0 Å². The number of aryl methyl sites for hydroxylation is 1. The molecule has 0 amide bonds. The summed E-state index contributed by atoms with van der Waals surface area (Å²) in [5.74, 6) is -1.13. The first kappa shape index (κ1) is 16.3. The van der Waals surface area contributed by atoms with E-state index in [0.717, 1.165) is 23.9 Å².